The van der Waals surface area contributed by atoms with Crippen LogP contribution in [0.25, 0.3) is 49.7 Å². The van der Waals surface area contributed by atoms with Crippen LogP contribution in [0.15, 0.2) is 36.4 Å². The summed E-state index contributed by atoms with van der Waals surface area (Å²) in [5.41, 5.74) is 0. The van der Waals surface area contributed by atoms with Crippen LogP contribution in [-0.2, 0) is 0 Å². The Morgan fingerprint density at radius 2 is 0.958 bits per heavy atom. The maximum Gasteiger partial charge on any atom is 0.0542 e. The van der Waals surface area contributed by atoms with E-state index in [2.05, 4.69) is 50.2 Å². The van der Waals surface area contributed by atoms with Crippen molar-refractivity contribution in [3.05, 3.63) is 46.2 Å². The molecule has 4 aromatic heterocycles. The maximum absolute atomic E-state index is 2.40. The summed E-state index contributed by atoms with van der Waals surface area (Å²) in [5, 5.41) is 5.64. The van der Waals surface area contributed by atoms with Gasteiger partial charge in [-0.15, -0.1) is 45.3 Å². The summed E-state index contributed by atoms with van der Waals surface area (Å²) in [6, 6.07) is 14.2. The van der Waals surface area contributed by atoms with Gasteiger partial charge in [0.05, 0.1) is 9.40 Å². The average molecular weight is 381 g/mol. The summed E-state index contributed by atoms with van der Waals surface area (Å²) in [6.45, 7) is 4.39. The van der Waals surface area contributed by atoms with Gasteiger partial charge in [0.15, 0.2) is 0 Å². The Bertz CT molecular complexity index is 1310. The van der Waals surface area contributed by atoms with Gasteiger partial charge in [0.2, 0.25) is 0 Å². The van der Waals surface area contributed by atoms with Gasteiger partial charge in [-0.3, -0.25) is 0 Å². The Labute approximate surface area is 154 Å². The highest BCUT2D eigenvalue weighted by molar-refractivity contribution is 7.37. The Balaban J connectivity index is 1.79. The number of hydrogen-bond donors (Lipinski definition) is 0. The molecule has 0 aliphatic rings. The minimum Gasteiger partial charge on any atom is -0.141 e. The average Bonchev–Trinajstić information content (AvgIpc) is 3.23. The van der Waals surface area contributed by atoms with E-state index in [-0.39, 0.29) is 0 Å². The molecule has 0 saturated heterocycles. The highest BCUT2D eigenvalue weighted by Crippen LogP contribution is 2.47. The standard InChI is InChI=1S/C20H12S4/c1-9-3-11-5-13-17(7-15(11)21-9)23-20-14-6-12-4-10(2)22-16(12)8-18(14)24-19(13)20/h3-8H,1-2H3. The van der Waals surface area contributed by atoms with Gasteiger partial charge in [-0.1, -0.05) is 0 Å². The van der Waals surface area contributed by atoms with Crippen LogP contribution in [-0.4, -0.2) is 0 Å². The third-order valence-corrected chi connectivity index (χ3v) is 9.13. The van der Waals surface area contributed by atoms with Gasteiger partial charge in [0.25, 0.3) is 0 Å². The summed E-state index contributed by atoms with van der Waals surface area (Å²) >= 11 is 7.71. The fourth-order valence-electron chi connectivity index (χ4n) is 3.59. The van der Waals surface area contributed by atoms with E-state index in [0.717, 1.165) is 0 Å². The summed E-state index contributed by atoms with van der Waals surface area (Å²) < 4.78 is 8.60. The van der Waals surface area contributed by atoms with Crippen LogP contribution in [0.4, 0.5) is 0 Å². The van der Waals surface area contributed by atoms with Crippen molar-refractivity contribution in [3.8, 4) is 0 Å². The number of hydrogen-bond acceptors (Lipinski definition) is 4. The number of fused-ring (bicyclic) bond motifs is 7. The van der Waals surface area contributed by atoms with E-state index >= 15 is 0 Å². The lowest BCUT2D eigenvalue weighted by molar-refractivity contribution is 1.66. The lowest BCUT2D eigenvalue weighted by Crippen LogP contribution is -1.64. The number of aryl methyl sites for hydroxylation is 2. The van der Waals surface area contributed by atoms with E-state index in [1.165, 1.54) is 59.5 Å². The molecular weight excluding hydrogens is 368 g/mol. The predicted molar refractivity (Wildman–Crippen MR) is 115 cm³/mol. The maximum atomic E-state index is 2.40. The first-order valence-electron chi connectivity index (χ1n) is 7.85. The fourth-order valence-corrected chi connectivity index (χ4v) is 8.31. The molecule has 0 saturated carbocycles. The van der Waals surface area contributed by atoms with Crippen molar-refractivity contribution in [2.24, 2.45) is 0 Å². The van der Waals surface area contributed by atoms with Gasteiger partial charge in [-0.25, -0.2) is 0 Å². The molecule has 6 aromatic rings. The molecule has 0 bridgehead atoms. The highest BCUT2D eigenvalue weighted by Gasteiger charge is 2.14. The molecule has 0 spiro atoms. The first-order chi connectivity index (χ1) is 11.7. The molecule has 4 heteroatoms. The number of thiophene rings is 4. The molecule has 0 radical (unpaired) electrons. The summed E-state index contributed by atoms with van der Waals surface area (Å²) in [7, 11) is 0. The molecule has 0 unspecified atom stereocenters. The SMILES string of the molecule is Cc1cc2cc3c(cc2s1)sc1c2cc4cc(C)sc4cc2sc31. The predicted octanol–water partition coefficient (Wildman–Crippen LogP) is 8.32. The van der Waals surface area contributed by atoms with E-state index in [9.17, 15) is 0 Å². The number of rotatable bonds is 0. The van der Waals surface area contributed by atoms with Gasteiger partial charge >= 0.3 is 0 Å². The molecule has 0 N–H and O–H groups in total. The van der Waals surface area contributed by atoms with Crippen molar-refractivity contribution < 1.29 is 0 Å². The molecule has 0 atom stereocenters. The smallest absolute Gasteiger partial charge is 0.0542 e. The largest absolute Gasteiger partial charge is 0.141 e. The lowest BCUT2D eigenvalue weighted by atomic mass is 10.1. The van der Waals surface area contributed by atoms with Crippen LogP contribution >= 0.6 is 45.3 Å². The van der Waals surface area contributed by atoms with Crippen molar-refractivity contribution in [2.45, 2.75) is 13.8 Å². The molecule has 24 heavy (non-hydrogen) atoms. The van der Waals surface area contributed by atoms with E-state index in [1.807, 2.05) is 45.3 Å². The minimum absolute atomic E-state index is 1.39. The zero-order valence-corrected chi connectivity index (χ0v) is 16.4. The van der Waals surface area contributed by atoms with Crippen LogP contribution in [0.1, 0.15) is 9.75 Å². The Kier molecular flexibility index (Phi) is 2.63. The van der Waals surface area contributed by atoms with Crippen molar-refractivity contribution in [2.75, 3.05) is 0 Å². The van der Waals surface area contributed by atoms with Crippen molar-refractivity contribution in [3.63, 3.8) is 0 Å². The number of benzene rings is 2. The second-order valence-electron chi connectivity index (χ2n) is 6.35. The van der Waals surface area contributed by atoms with E-state index in [1.54, 1.807) is 0 Å². The minimum atomic E-state index is 1.39. The quantitative estimate of drug-likeness (QED) is 0.248. The molecular formula is C20H12S4. The van der Waals surface area contributed by atoms with Crippen molar-refractivity contribution in [1.29, 1.82) is 0 Å². The molecule has 0 nitrogen and oxygen atoms in total. The molecule has 0 aliphatic heterocycles. The van der Waals surface area contributed by atoms with Crippen LogP contribution in [0, 0.1) is 13.8 Å². The molecule has 2 aromatic carbocycles. The summed E-state index contributed by atoms with van der Waals surface area (Å²) in [5.74, 6) is 0. The van der Waals surface area contributed by atoms with E-state index in [0.29, 0.717) is 0 Å². The first-order valence-corrected chi connectivity index (χ1v) is 11.1. The van der Waals surface area contributed by atoms with Gasteiger partial charge < -0.3 is 0 Å². The van der Waals surface area contributed by atoms with Gasteiger partial charge in [-0.2, -0.15) is 0 Å². The van der Waals surface area contributed by atoms with Crippen LogP contribution in [0.3, 0.4) is 0 Å². The topological polar surface area (TPSA) is 0 Å². The molecule has 116 valence electrons. The fraction of sp³-hybridized carbons (Fsp3) is 0.100. The van der Waals surface area contributed by atoms with Crippen molar-refractivity contribution in [1.82, 2.24) is 0 Å². The molecule has 0 aliphatic carbocycles. The molecule has 0 amide bonds. The van der Waals surface area contributed by atoms with Gasteiger partial charge in [0, 0.05) is 39.3 Å². The second kappa shape index (κ2) is 4.58. The zero-order chi connectivity index (χ0) is 16.0. The Morgan fingerprint density at radius 1 is 0.500 bits per heavy atom. The zero-order valence-electron chi connectivity index (χ0n) is 13.1. The van der Waals surface area contributed by atoms with Crippen molar-refractivity contribution >= 4 is 95.1 Å². The van der Waals surface area contributed by atoms with Gasteiger partial charge in [-0.05, 0) is 61.0 Å². The summed E-state index contributed by atoms with van der Waals surface area (Å²) in [4.78, 5) is 2.79. The van der Waals surface area contributed by atoms with Gasteiger partial charge in [0.1, 0.15) is 0 Å². The lowest BCUT2D eigenvalue weighted by Gasteiger charge is -1.93. The third-order valence-electron chi connectivity index (χ3n) is 4.60. The highest BCUT2D eigenvalue weighted by atomic mass is 32.1. The first kappa shape index (κ1) is 13.8. The summed E-state index contributed by atoms with van der Waals surface area (Å²) in [6.07, 6.45) is 0. The second-order valence-corrected chi connectivity index (χ2v) is 11.0. The molecule has 0 fully saturated rings. The van der Waals surface area contributed by atoms with E-state index < -0.39 is 0 Å². The Hall–Kier alpha value is -1.46. The third kappa shape index (κ3) is 1.77. The van der Waals surface area contributed by atoms with Crippen LogP contribution in [0.5, 0.6) is 0 Å². The normalized spacial score (nSPS) is 12.6. The molecule has 6 rings (SSSR count). The Morgan fingerprint density at radius 3 is 1.42 bits per heavy atom. The monoisotopic (exact) mass is 380 g/mol. The molecule has 4 heterocycles. The van der Waals surface area contributed by atoms with Crippen LogP contribution < -0.4 is 0 Å². The van der Waals surface area contributed by atoms with Crippen LogP contribution in [0.2, 0.25) is 0 Å². The van der Waals surface area contributed by atoms with E-state index in [4.69, 9.17) is 0 Å².